The fourth-order valence-corrected chi connectivity index (χ4v) is 2.58. The number of hydrogen-bond donors (Lipinski definition) is 1. The Balaban J connectivity index is 1.82. The molecule has 0 aliphatic carbocycles. The van der Waals surface area contributed by atoms with E-state index in [1.165, 1.54) is 11.3 Å². The van der Waals surface area contributed by atoms with Gasteiger partial charge in [-0.15, -0.1) is 11.3 Å². The van der Waals surface area contributed by atoms with Gasteiger partial charge in [-0.1, -0.05) is 35.3 Å². The lowest BCUT2D eigenvalue weighted by molar-refractivity contribution is 0.0958. The van der Waals surface area contributed by atoms with Crippen LogP contribution in [0.25, 0.3) is 0 Å². The number of thiophene rings is 1. The van der Waals surface area contributed by atoms with Crippen molar-refractivity contribution in [3.8, 4) is 0 Å². The van der Waals surface area contributed by atoms with Crippen molar-refractivity contribution in [2.45, 2.75) is 6.42 Å². The summed E-state index contributed by atoms with van der Waals surface area (Å²) < 4.78 is 0.623. The van der Waals surface area contributed by atoms with E-state index in [0.717, 1.165) is 17.0 Å². The lowest BCUT2D eigenvalue weighted by Gasteiger charge is -2.04. The van der Waals surface area contributed by atoms with Crippen LogP contribution in [0.4, 0.5) is 0 Å². The lowest BCUT2D eigenvalue weighted by Crippen LogP contribution is -2.24. The Morgan fingerprint density at radius 3 is 2.44 bits per heavy atom. The molecule has 5 heteroatoms. The number of halogens is 2. The van der Waals surface area contributed by atoms with Gasteiger partial charge in [0.2, 0.25) is 0 Å². The molecule has 1 heterocycles. The van der Waals surface area contributed by atoms with Crippen molar-refractivity contribution in [3.63, 3.8) is 0 Å². The Kier molecular flexibility index (Phi) is 4.64. The van der Waals surface area contributed by atoms with Gasteiger partial charge in [-0.25, -0.2) is 0 Å². The Labute approximate surface area is 120 Å². The van der Waals surface area contributed by atoms with Crippen molar-refractivity contribution in [1.29, 1.82) is 0 Å². The molecule has 0 aliphatic rings. The van der Waals surface area contributed by atoms with Gasteiger partial charge in [0, 0.05) is 11.6 Å². The molecular weight excluding hydrogens is 289 g/mol. The topological polar surface area (TPSA) is 29.1 Å². The van der Waals surface area contributed by atoms with E-state index in [0.29, 0.717) is 15.8 Å². The van der Waals surface area contributed by atoms with Gasteiger partial charge in [-0.05, 0) is 36.2 Å². The number of carbonyl (C=O) groups excluding carboxylic acids is 1. The number of nitrogens with one attached hydrogen (secondary N) is 1. The summed E-state index contributed by atoms with van der Waals surface area (Å²) in [6, 6.07) is 11.0. The van der Waals surface area contributed by atoms with Gasteiger partial charge < -0.3 is 5.32 Å². The number of amides is 1. The molecule has 0 fully saturated rings. The second kappa shape index (κ2) is 6.23. The standard InChI is InChI=1S/C13H11Cl2NOS/c14-10-3-1-9(2-4-10)7-8-16-13(17)11-5-6-12(15)18-11/h1-6H,7-8H2,(H,16,17). The molecule has 2 aromatic rings. The summed E-state index contributed by atoms with van der Waals surface area (Å²) >= 11 is 12.9. The van der Waals surface area contributed by atoms with Gasteiger partial charge in [0.25, 0.3) is 5.91 Å². The van der Waals surface area contributed by atoms with E-state index in [1.54, 1.807) is 12.1 Å². The smallest absolute Gasteiger partial charge is 0.261 e. The molecule has 1 amide bonds. The van der Waals surface area contributed by atoms with Crippen LogP contribution in [0.15, 0.2) is 36.4 Å². The van der Waals surface area contributed by atoms with Gasteiger partial charge >= 0.3 is 0 Å². The summed E-state index contributed by atoms with van der Waals surface area (Å²) in [6.07, 6.45) is 0.780. The van der Waals surface area contributed by atoms with E-state index in [2.05, 4.69) is 5.32 Å². The molecule has 94 valence electrons. The van der Waals surface area contributed by atoms with E-state index in [4.69, 9.17) is 23.2 Å². The maximum atomic E-state index is 11.7. The third-order valence-corrected chi connectivity index (χ3v) is 3.89. The van der Waals surface area contributed by atoms with Crippen molar-refractivity contribution in [1.82, 2.24) is 5.32 Å². The molecule has 1 N–H and O–H groups in total. The maximum absolute atomic E-state index is 11.7. The molecule has 0 atom stereocenters. The first-order chi connectivity index (χ1) is 8.65. The summed E-state index contributed by atoms with van der Waals surface area (Å²) in [5, 5.41) is 3.57. The van der Waals surface area contributed by atoms with Crippen molar-refractivity contribution in [3.05, 3.63) is 56.2 Å². The molecule has 0 spiro atoms. The average Bonchev–Trinajstić information content (AvgIpc) is 2.78. The quantitative estimate of drug-likeness (QED) is 0.907. The molecule has 1 aromatic heterocycles. The van der Waals surface area contributed by atoms with Crippen LogP contribution in [-0.4, -0.2) is 12.5 Å². The molecule has 2 nitrogen and oxygen atoms in total. The minimum atomic E-state index is -0.0825. The SMILES string of the molecule is O=C(NCCc1ccc(Cl)cc1)c1ccc(Cl)s1. The number of rotatable bonds is 4. The fourth-order valence-electron chi connectivity index (χ4n) is 1.49. The van der Waals surface area contributed by atoms with Gasteiger partial charge in [-0.2, -0.15) is 0 Å². The second-order valence-corrected chi connectivity index (χ2v) is 5.89. The second-order valence-electron chi connectivity index (χ2n) is 3.74. The zero-order valence-corrected chi connectivity index (χ0v) is 11.8. The van der Waals surface area contributed by atoms with Crippen LogP contribution in [0.3, 0.4) is 0 Å². The van der Waals surface area contributed by atoms with E-state index in [9.17, 15) is 4.79 Å². The maximum Gasteiger partial charge on any atom is 0.261 e. The van der Waals surface area contributed by atoms with Crippen LogP contribution in [0.2, 0.25) is 9.36 Å². The average molecular weight is 300 g/mol. The minimum absolute atomic E-state index is 0.0825. The van der Waals surface area contributed by atoms with Crippen LogP contribution in [0, 0.1) is 0 Å². The molecule has 1 aromatic carbocycles. The summed E-state index contributed by atoms with van der Waals surface area (Å²) in [4.78, 5) is 12.4. The lowest BCUT2D eigenvalue weighted by atomic mass is 10.1. The first-order valence-electron chi connectivity index (χ1n) is 5.43. The Morgan fingerprint density at radius 2 is 1.83 bits per heavy atom. The van der Waals surface area contributed by atoms with Crippen molar-refractivity contribution in [2.75, 3.05) is 6.54 Å². The highest BCUT2D eigenvalue weighted by Gasteiger charge is 2.07. The van der Waals surface area contributed by atoms with E-state index in [-0.39, 0.29) is 5.91 Å². The zero-order chi connectivity index (χ0) is 13.0. The molecule has 2 rings (SSSR count). The van der Waals surface area contributed by atoms with Crippen LogP contribution < -0.4 is 5.32 Å². The Bertz CT molecular complexity index is 536. The fraction of sp³-hybridized carbons (Fsp3) is 0.154. The zero-order valence-electron chi connectivity index (χ0n) is 9.45. The summed E-state index contributed by atoms with van der Waals surface area (Å²) in [6.45, 7) is 0.593. The van der Waals surface area contributed by atoms with E-state index < -0.39 is 0 Å². The van der Waals surface area contributed by atoms with Gasteiger partial charge in [0.05, 0.1) is 9.21 Å². The first-order valence-corrected chi connectivity index (χ1v) is 7.00. The third kappa shape index (κ3) is 3.73. The molecule has 18 heavy (non-hydrogen) atoms. The number of benzene rings is 1. The van der Waals surface area contributed by atoms with Crippen molar-refractivity contribution in [2.24, 2.45) is 0 Å². The summed E-state index contributed by atoms with van der Waals surface area (Å²) in [5.41, 5.74) is 1.14. The number of carbonyl (C=O) groups is 1. The molecule has 0 saturated carbocycles. The van der Waals surface area contributed by atoms with Crippen LogP contribution in [0.5, 0.6) is 0 Å². The minimum Gasteiger partial charge on any atom is -0.351 e. The molecule has 0 unspecified atom stereocenters. The summed E-state index contributed by atoms with van der Waals surface area (Å²) in [5.74, 6) is -0.0825. The highest BCUT2D eigenvalue weighted by molar-refractivity contribution is 7.17. The third-order valence-electron chi connectivity index (χ3n) is 2.41. The normalized spacial score (nSPS) is 10.3. The van der Waals surface area contributed by atoms with Crippen LogP contribution >= 0.6 is 34.5 Å². The van der Waals surface area contributed by atoms with Gasteiger partial charge in [0.1, 0.15) is 0 Å². The predicted octanol–water partition coefficient (Wildman–Crippen LogP) is 4.03. The molecule has 0 radical (unpaired) electrons. The van der Waals surface area contributed by atoms with E-state index >= 15 is 0 Å². The highest BCUT2D eigenvalue weighted by Crippen LogP contribution is 2.21. The van der Waals surface area contributed by atoms with Gasteiger partial charge in [0.15, 0.2) is 0 Å². The molecule has 0 saturated heterocycles. The summed E-state index contributed by atoms with van der Waals surface area (Å²) in [7, 11) is 0. The highest BCUT2D eigenvalue weighted by atomic mass is 35.5. The predicted molar refractivity (Wildman–Crippen MR) is 76.8 cm³/mol. The van der Waals surface area contributed by atoms with Crippen LogP contribution in [0.1, 0.15) is 15.2 Å². The molecular formula is C13H11Cl2NOS. The Hall–Kier alpha value is -1.03. The number of hydrogen-bond acceptors (Lipinski definition) is 2. The molecule has 0 bridgehead atoms. The largest absolute Gasteiger partial charge is 0.351 e. The van der Waals surface area contributed by atoms with Gasteiger partial charge in [-0.3, -0.25) is 4.79 Å². The van der Waals surface area contributed by atoms with E-state index in [1.807, 2.05) is 24.3 Å². The van der Waals surface area contributed by atoms with Crippen LogP contribution in [-0.2, 0) is 6.42 Å². The Morgan fingerprint density at radius 1 is 1.11 bits per heavy atom. The monoisotopic (exact) mass is 299 g/mol. The van der Waals surface area contributed by atoms with Crippen molar-refractivity contribution >= 4 is 40.4 Å². The van der Waals surface area contributed by atoms with Crippen molar-refractivity contribution < 1.29 is 4.79 Å². The first kappa shape index (κ1) is 13.4. The molecule has 0 aliphatic heterocycles.